The lowest BCUT2D eigenvalue weighted by molar-refractivity contribution is -0.164. The van der Waals surface area contributed by atoms with E-state index in [-0.39, 0.29) is 0 Å². The van der Waals surface area contributed by atoms with Crippen molar-refractivity contribution in [2.24, 2.45) is 0 Å². The fourth-order valence-electron chi connectivity index (χ4n) is 1.80. The van der Waals surface area contributed by atoms with E-state index in [1.807, 2.05) is 27.7 Å². The van der Waals surface area contributed by atoms with Gasteiger partial charge in [0.05, 0.1) is 12.7 Å². The summed E-state index contributed by atoms with van der Waals surface area (Å²) in [6, 6.07) is 3.37. The highest BCUT2D eigenvalue weighted by molar-refractivity contribution is 6.34. The number of anilines is 1. The van der Waals surface area contributed by atoms with Crippen molar-refractivity contribution < 1.29 is 14.3 Å². The summed E-state index contributed by atoms with van der Waals surface area (Å²) in [5.41, 5.74) is 7.69. The first-order chi connectivity index (χ1) is 8.67. The normalized spacial score (nSPS) is 13.1. The number of carbonyl (C=O) groups excluding carboxylic acids is 1. The van der Waals surface area contributed by atoms with Crippen LogP contribution in [0, 0.1) is 6.92 Å². The first-order valence-corrected chi connectivity index (χ1v) is 6.07. The monoisotopic (exact) mass is 261 g/mol. The molecule has 0 saturated heterocycles. The summed E-state index contributed by atoms with van der Waals surface area (Å²) in [6.45, 7) is 7.39. The third-order valence-corrected chi connectivity index (χ3v) is 2.74. The summed E-state index contributed by atoms with van der Waals surface area (Å²) in [5.74, 6) is -0.490. The Morgan fingerprint density at radius 3 is 2.42 bits per heavy atom. The lowest BCUT2D eigenvalue weighted by Crippen LogP contribution is -2.32. The van der Waals surface area contributed by atoms with E-state index in [4.69, 9.17) is 23.1 Å². The first-order valence-electron chi connectivity index (χ1n) is 6.07. The van der Waals surface area contributed by atoms with Gasteiger partial charge in [0.25, 0.3) is 0 Å². The van der Waals surface area contributed by atoms with Crippen LogP contribution < -0.4 is 11.2 Å². The van der Waals surface area contributed by atoms with Crippen LogP contribution >= 0.6 is 0 Å². The number of esters is 1. The molecule has 1 aromatic rings. The molecular weight excluding hydrogens is 241 g/mol. The van der Waals surface area contributed by atoms with E-state index >= 15 is 0 Å². The standard InChI is InChI=1S/C14H20BNO3/c1-8-10(16)7-6-9(15)11(8)12(13(17)18-5)19-14(2,3)4/h6-7,12H,16H2,1-5H3. The lowest BCUT2D eigenvalue weighted by atomic mass is 9.84. The summed E-state index contributed by atoms with van der Waals surface area (Å²) < 4.78 is 10.6. The highest BCUT2D eigenvalue weighted by atomic mass is 16.6. The Balaban J connectivity index is 3.33. The van der Waals surface area contributed by atoms with Gasteiger partial charge in [0, 0.05) is 5.69 Å². The molecule has 0 spiro atoms. The average molecular weight is 261 g/mol. The van der Waals surface area contributed by atoms with Crippen LogP contribution in [0.5, 0.6) is 0 Å². The molecule has 0 aliphatic rings. The maximum absolute atomic E-state index is 12.0. The second kappa shape index (κ2) is 5.65. The quantitative estimate of drug-likeness (QED) is 0.507. The van der Waals surface area contributed by atoms with Crippen molar-refractivity contribution in [3.63, 3.8) is 0 Å². The Bertz CT molecular complexity index is 480. The number of ether oxygens (including phenoxy) is 2. The van der Waals surface area contributed by atoms with Crippen molar-refractivity contribution in [3.8, 4) is 0 Å². The van der Waals surface area contributed by atoms with E-state index in [0.717, 1.165) is 5.56 Å². The second-order valence-electron chi connectivity index (χ2n) is 5.42. The molecule has 0 fully saturated rings. The van der Waals surface area contributed by atoms with Crippen LogP contribution in [0.15, 0.2) is 12.1 Å². The Kier molecular flexibility index (Phi) is 4.63. The molecular formula is C14H20BNO3. The number of benzene rings is 1. The summed E-state index contributed by atoms with van der Waals surface area (Å²) >= 11 is 0. The van der Waals surface area contributed by atoms with Gasteiger partial charge in [-0.1, -0.05) is 11.5 Å². The van der Waals surface area contributed by atoms with E-state index in [9.17, 15) is 4.79 Å². The van der Waals surface area contributed by atoms with Crippen LogP contribution in [-0.2, 0) is 14.3 Å². The van der Waals surface area contributed by atoms with Crippen LogP contribution in [-0.4, -0.2) is 26.5 Å². The minimum atomic E-state index is -0.881. The van der Waals surface area contributed by atoms with Crippen molar-refractivity contribution in [1.82, 2.24) is 0 Å². The third-order valence-electron chi connectivity index (χ3n) is 2.74. The maximum atomic E-state index is 12.0. The largest absolute Gasteiger partial charge is 0.467 e. The lowest BCUT2D eigenvalue weighted by Gasteiger charge is -2.28. The fourth-order valence-corrected chi connectivity index (χ4v) is 1.80. The van der Waals surface area contributed by atoms with Crippen molar-refractivity contribution >= 4 is 25.0 Å². The van der Waals surface area contributed by atoms with Crippen molar-refractivity contribution in [1.29, 1.82) is 0 Å². The molecule has 0 heterocycles. The van der Waals surface area contributed by atoms with Crippen LogP contribution in [0.25, 0.3) is 0 Å². The zero-order chi connectivity index (χ0) is 14.8. The second-order valence-corrected chi connectivity index (χ2v) is 5.42. The van der Waals surface area contributed by atoms with Gasteiger partial charge in [0.15, 0.2) is 6.10 Å². The molecule has 1 unspecified atom stereocenters. The Hall–Kier alpha value is -1.49. The molecule has 0 amide bonds. The van der Waals surface area contributed by atoms with E-state index in [0.29, 0.717) is 16.7 Å². The Labute approximate surface area is 115 Å². The summed E-state index contributed by atoms with van der Waals surface area (Å²) in [7, 11) is 7.28. The average Bonchev–Trinajstić information content (AvgIpc) is 2.30. The zero-order valence-electron chi connectivity index (χ0n) is 12.1. The molecule has 0 aliphatic carbocycles. The molecule has 2 radical (unpaired) electrons. The van der Waals surface area contributed by atoms with E-state index in [1.54, 1.807) is 12.1 Å². The van der Waals surface area contributed by atoms with Crippen molar-refractivity contribution in [2.45, 2.75) is 39.4 Å². The topological polar surface area (TPSA) is 61.5 Å². The van der Waals surface area contributed by atoms with Crippen molar-refractivity contribution in [2.75, 3.05) is 12.8 Å². The predicted octanol–water partition coefficient (Wildman–Crippen LogP) is 1.40. The van der Waals surface area contributed by atoms with Gasteiger partial charge in [0.1, 0.15) is 7.85 Å². The highest BCUT2D eigenvalue weighted by Crippen LogP contribution is 2.28. The minimum Gasteiger partial charge on any atom is -0.467 e. The van der Waals surface area contributed by atoms with E-state index in [2.05, 4.69) is 0 Å². The Morgan fingerprint density at radius 2 is 1.95 bits per heavy atom. The number of rotatable bonds is 3. The predicted molar refractivity (Wildman–Crippen MR) is 76.6 cm³/mol. The number of methoxy groups -OCH3 is 1. The maximum Gasteiger partial charge on any atom is 0.339 e. The summed E-state index contributed by atoms with van der Waals surface area (Å²) in [5, 5.41) is 0. The number of hydrogen-bond acceptors (Lipinski definition) is 4. The smallest absolute Gasteiger partial charge is 0.339 e. The van der Waals surface area contributed by atoms with Crippen LogP contribution in [0.2, 0.25) is 0 Å². The van der Waals surface area contributed by atoms with Gasteiger partial charge in [-0.2, -0.15) is 0 Å². The molecule has 1 atom stereocenters. The van der Waals surface area contributed by atoms with Gasteiger partial charge >= 0.3 is 5.97 Å². The van der Waals surface area contributed by atoms with Gasteiger partial charge in [0.2, 0.25) is 0 Å². The molecule has 0 bridgehead atoms. The van der Waals surface area contributed by atoms with Crippen molar-refractivity contribution in [3.05, 3.63) is 23.3 Å². The molecule has 0 aromatic heterocycles. The van der Waals surface area contributed by atoms with Crippen LogP contribution in [0.1, 0.15) is 38.0 Å². The fraction of sp³-hybridized carbons (Fsp3) is 0.500. The zero-order valence-corrected chi connectivity index (χ0v) is 12.1. The van der Waals surface area contributed by atoms with Gasteiger partial charge in [-0.05, 0) is 44.9 Å². The van der Waals surface area contributed by atoms with Gasteiger partial charge in [-0.15, -0.1) is 0 Å². The molecule has 1 aromatic carbocycles. The molecule has 4 nitrogen and oxygen atoms in total. The van der Waals surface area contributed by atoms with Crippen LogP contribution in [0.4, 0.5) is 5.69 Å². The molecule has 1 rings (SSSR count). The molecule has 102 valence electrons. The summed E-state index contributed by atoms with van der Waals surface area (Å²) in [4.78, 5) is 12.0. The summed E-state index contributed by atoms with van der Waals surface area (Å²) in [6.07, 6.45) is -0.881. The van der Waals surface area contributed by atoms with Gasteiger partial charge < -0.3 is 15.2 Å². The number of carbonyl (C=O) groups is 1. The highest BCUT2D eigenvalue weighted by Gasteiger charge is 2.30. The molecule has 0 aliphatic heterocycles. The van der Waals surface area contributed by atoms with Gasteiger partial charge in [-0.3, -0.25) is 0 Å². The molecule has 0 saturated carbocycles. The molecule has 2 N–H and O–H groups in total. The van der Waals surface area contributed by atoms with E-state index < -0.39 is 17.7 Å². The molecule has 19 heavy (non-hydrogen) atoms. The number of nitrogen functional groups attached to an aromatic ring is 1. The first kappa shape index (κ1) is 15.6. The van der Waals surface area contributed by atoms with Crippen LogP contribution in [0.3, 0.4) is 0 Å². The third kappa shape index (κ3) is 3.74. The van der Waals surface area contributed by atoms with E-state index in [1.165, 1.54) is 7.11 Å². The SMILES string of the molecule is [B]c1ccc(N)c(C)c1C(OC(C)(C)C)C(=O)OC. The minimum absolute atomic E-state index is 0.464. The molecule has 5 heteroatoms. The number of hydrogen-bond donors (Lipinski definition) is 1. The number of nitrogens with two attached hydrogens (primary N) is 1. The Morgan fingerprint density at radius 1 is 1.37 bits per heavy atom. The van der Waals surface area contributed by atoms with Gasteiger partial charge in [-0.25, -0.2) is 4.79 Å².